The molecule has 0 aromatic heterocycles. The molecule has 4 rings (SSSR count). The van der Waals surface area contributed by atoms with Gasteiger partial charge in [0.2, 0.25) is 0 Å². The maximum absolute atomic E-state index is 12.3. The average molecular weight is 551 g/mol. The number of benzene rings is 3. The number of halogens is 3. The van der Waals surface area contributed by atoms with E-state index in [0.29, 0.717) is 30.3 Å². The molecular weight excluding hydrogens is 517 g/mol. The van der Waals surface area contributed by atoms with Crippen molar-refractivity contribution in [1.29, 1.82) is 0 Å². The predicted molar refractivity (Wildman–Crippen MR) is 153 cm³/mol. The van der Waals surface area contributed by atoms with E-state index < -0.39 is 11.7 Å². The lowest BCUT2D eigenvalue weighted by Crippen LogP contribution is -2.24. The number of nitrogens with zero attached hydrogens (tertiary/aromatic N) is 1. The van der Waals surface area contributed by atoms with Crippen LogP contribution in [0.4, 0.5) is 24.5 Å². The Morgan fingerprint density at radius 2 is 1.77 bits per heavy atom. The minimum Gasteiger partial charge on any atom is -0.353 e. The Morgan fingerprint density at radius 3 is 2.35 bits per heavy atom. The number of alkyl halides is 3. The number of nitrogens with two attached hydrogens (primary N) is 1. The van der Waals surface area contributed by atoms with Gasteiger partial charge in [0, 0.05) is 12.2 Å². The number of anilines is 1. The summed E-state index contributed by atoms with van der Waals surface area (Å²) in [5.74, 6) is 0.827. The molecule has 1 atom stereocenters. The van der Waals surface area contributed by atoms with Crippen molar-refractivity contribution >= 4 is 17.7 Å². The van der Waals surface area contributed by atoms with Gasteiger partial charge in [0.15, 0.2) is 6.29 Å². The minimum atomic E-state index is -4.56. The Hall–Kier alpha value is -4.08. The predicted octanol–water partition coefficient (Wildman–Crippen LogP) is 7.24. The van der Waals surface area contributed by atoms with Crippen LogP contribution in [0.5, 0.6) is 0 Å². The van der Waals surface area contributed by atoms with Crippen molar-refractivity contribution in [1.82, 2.24) is 5.32 Å². The highest BCUT2D eigenvalue weighted by Crippen LogP contribution is 2.31. The van der Waals surface area contributed by atoms with E-state index in [1.54, 1.807) is 36.4 Å². The van der Waals surface area contributed by atoms with Crippen LogP contribution in [0.2, 0.25) is 0 Å². The molecule has 1 fully saturated rings. The van der Waals surface area contributed by atoms with E-state index in [2.05, 4.69) is 53.6 Å². The summed E-state index contributed by atoms with van der Waals surface area (Å²) in [5, 5.41) is 9.22. The number of hydrogen-bond donors (Lipinski definition) is 3. The first kappa shape index (κ1) is 30.5. The van der Waals surface area contributed by atoms with Crippen molar-refractivity contribution in [2.24, 2.45) is 16.8 Å². The zero-order chi connectivity index (χ0) is 29.1. The molecule has 1 saturated carbocycles. The molecule has 210 valence electrons. The van der Waals surface area contributed by atoms with E-state index in [1.807, 2.05) is 12.1 Å². The number of carbonyl (C=O) groups is 1. The Balaban J connectivity index is 0.000000222. The van der Waals surface area contributed by atoms with E-state index in [1.165, 1.54) is 29.5 Å². The fourth-order valence-electron chi connectivity index (χ4n) is 3.92. The van der Waals surface area contributed by atoms with Crippen molar-refractivity contribution in [3.8, 4) is 0 Å². The number of hydrogen-bond acceptors (Lipinski definition) is 6. The summed E-state index contributed by atoms with van der Waals surface area (Å²) < 4.78 is 36.9. The Bertz CT molecular complexity index is 1330. The second-order valence-electron chi connectivity index (χ2n) is 9.65. The molecule has 0 bridgehead atoms. The number of allylic oxidation sites excluding steroid dienone is 3. The lowest BCUT2D eigenvalue weighted by Gasteiger charge is -2.20. The van der Waals surface area contributed by atoms with Crippen LogP contribution in [0.1, 0.15) is 41.1 Å². The third kappa shape index (κ3) is 9.59. The molecule has 1 aliphatic carbocycles. The highest BCUT2D eigenvalue weighted by Gasteiger charge is 2.30. The van der Waals surface area contributed by atoms with Crippen LogP contribution < -0.4 is 16.4 Å². The fraction of sp³-hybridized carbons (Fsp3) is 0.258. The van der Waals surface area contributed by atoms with Crippen molar-refractivity contribution in [2.45, 2.75) is 38.5 Å². The molecule has 0 spiro atoms. The standard InChI is InChI=1S/C18H20N2O.C13H13F3N2O/c1-13-3-2-4-16(11-13)18(19-12-14-5-6-14)15-7-9-17(20-21)10-8-15;1-9(13(14,15)16)5-12(8-19)18-11-4-2-3-10(6-11)7-17/h2-4,7-11,14,18-19H,5-6,12H2,1H3;2-6,8,18H,1,7,17H2/b;12-5-. The van der Waals surface area contributed by atoms with Crippen molar-refractivity contribution < 1.29 is 18.0 Å². The van der Waals surface area contributed by atoms with Crippen LogP contribution in [0.3, 0.4) is 0 Å². The molecule has 0 aliphatic heterocycles. The first-order chi connectivity index (χ1) is 19.1. The zero-order valence-electron chi connectivity index (χ0n) is 22.2. The summed E-state index contributed by atoms with van der Waals surface area (Å²) in [5.41, 5.74) is 9.58. The summed E-state index contributed by atoms with van der Waals surface area (Å²) in [6.07, 6.45) is -0.938. The third-order valence-corrected chi connectivity index (χ3v) is 6.29. The second kappa shape index (κ2) is 14.3. The fourth-order valence-corrected chi connectivity index (χ4v) is 3.92. The quantitative estimate of drug-likeness (QED) is 0.101. The molecule has 0 radical (unpaired) electrons. The molecule has 3 aromatic carbocycles. The highest BCUT2D eigenvalue weighted by atomic mass is 19.4. The maximum atomic E-state index is 12.3. The van der Waals surface area contributed by atoms with Gasteiger partial charge in [0.05, 0.1) is 17.3 Å². The van der Waals surface area contributed by atoms with E-state index in [9.17, 15) is 22.9 Å². The van der Waals surface area contributed by atoms with Gasteiger partial charge in [-0.25, -0.2) is 0 Å². The van der Waals surface area contributed by atoms with Crippen LogP contribution in [0.25, 0.3) is 0 Å². The zero-order valence-corrected chi connectivity index (χ0v) is 22.2. The molecule has 0 heterocycles. The van der Waals surface area contributed by atoms with E-state index >= 15 is 0 Å². The summed E-state index contributed by atoms with van der Waals surface area (Å²) in [6.45, 7) is 6.33. The molecule has 3 aromatic rings. The first-order valence-corrected chi connectivity index (χ1v) is 12.8. The van der Waals surface area contributed by atoms with Crippen molar-refractivity contribution in [3.63, 3.8) is 0 Å². The number of carbonyl (C=O) groups excluding carboxylic acids is 1. The number of aryl methyl sites for hydroxylation is 1. The molecule has 40 heavy (non-hydrogen) atoms. The highest BCUT2D eigenvalue weighted by molar-refractivity contribution is 5.79. The summed E-state index contributed by atoms with van der Waals surface area (Å²) >= 11 is 0. The van der Waals surface area contributed by atoms with Crippen LogP contribution in [0.15, 0.2) is 102 Å². The Labute approximate surface area is 232 Å². The van der Waals surface area contributed by atoms with Gasteiger partial charge in [0.1, 0.15) is 5.69 Å². The molecule has 1 unspecified atom stereocenters. The molecule has 4 N–H and O–H groups in total. The van der Waals surface area contributed by atoms with Crippen LogP contribution in [-0.2, 0) is 11.3 Å². The molecule has 6 nitrogen and oxygen atoms in total. The van der Waals surface area contributed by atoms with Gasteiger partial charge in [-0.15, -0.1) is 4.91 Å². The van der Waals surface area contributed by atoms with E-state index in [0.717, 1.165) is 18.0 Å². The van der Waals surface area contributed by atoms with E-state index in [-0.39, 0.29) is 11.7 Å². The maximum Gasteiger partial charge on any atom is 0.415 e. The van der Waals surface area contributed by atoms with Gasteiger partial charge in [-0.3, -0.25) is 4.79 Å². The third-order valence-electron chi connectivity index (χ3n) is 6.29. The molecule has 0 amide bonds. The Kier molecular flexibility index (Phi) is 10.9. The Morgan fingerprint density at radius 1 is 1.07 bits per heavy atom. The normalized spacial score (nSPS) is 14.0. The van der Waals surface area contributed by atoms with Gasteiger partial charge in [-0.05, 0) is 84.4 Å². The largest absolute Gasteiger partial charge is 0.415 e. The summed E-state index contributed by atoms with van der Waals surface area (Å²) in [6, 6.07) is 23.0. The van der Waals surface area contributed by atoms with Crippen LogP contribution in [-0.4, -0.2) is 19.0 Å². The molecule has 0 saturated heterocycles. The topological polar surface area (TPSA) is 96.6 Å². The van der Waals surface area contributed by atoms with Gasteiger partial charge in [0.25, 0.3) is 0 Å². The van der Waals surface area contributed by atoms with Crippen LogP contribution in [0, 0.1) is 17.7 Å². The molecule has 1 aliphatic rings. The average Bonchev–Trinajstić information content (AvgIpc) is 3.78. The lowest BCUT2D eigenvalue weighted by atomic mass is 9.97. The van der Waals surface area contributed by atoms with Gasteiger partial charge < -0.3 is 16.4 Å². The molecular formula is C31H33F3N4O2. The van der Waals surface area contributed by atoms with Gasteiger partial charge in [-0.2, -0.15) is 13.2 Å². The SMILES string of the molecule is C=C(/C=C(/C=O)Nc1cccc(CN)c1)C(F)(F)F.Cc1cccc(C(NCC2CC2)c2ccc(N=O)cc2)c1. The minimum absolute atomic E-state index is 0.172. The smallest absolute Gasteiger partial charge is 0.353 e. The van der Waals surface area contributed by atoms with E-state index in [4.69, 9.17) is 5.73 Å². The molecule has 9 heteroatoms. The summed E-state index contributed by atoms with van der Waals surface area (Å²) in [4.78, 5) is 21.3. The number of rotatable bonds is 11. The number of aldehydes is 1. The van der Waals surface area contributed by atoms with Crippen molar-refractivity contribution in [2.75, 3.05) is 11.9 Å². The monoisotopic (exact) mass is 550 g/mol. The summed E-state index contributed by atoms with van der Waals surface area (Å²) in [7, 11) is 0. The van der Waals surface area contributed by atoms with Gasteiger partial charge in [-0.1, -0.05) is 60.7 Å². The number of nitrogens with one attached hydrogen (secondary N) is 2. The van der Waals surface area contributed by atoms with Crippen molar-refractivity contribution in [3.05, 3.63) is 124 Å². The number of nitroso groups, excluding NO2 is 1. The van der Waals surface area contributed by atoms with Gasteiger partial charge >= 0.3 is 6.18 Å². The second-order valence-corrected chi connectivity index (χ2v) is 9.65. The lowest BCUT2D eigenvalue weighted by molar-refractivity contribution is -0.104. The first-order valence-electron chi connectivity index (χ1n) is 12.8. The van der Waals surface area contributed by atoms with Crippen LogP contribution >= 0.6 is 0 Å².